The Kier molecular flexibility index (Phi) is 6.22. The van der Waals surface area contributed by atoms with Crippen LogP contribution in [0.4, 0.5) is 4.79 Å². The molecule has 0 radical (unpaired) electrons. The van der Waals surface area contributed by atoms with Gasteiger partial charge in [0.15, 0.2) is 0 Å². The number of carbonyl (C=O) groups excluding carboxylic acids is 1. The molecule has 0 aliphatic rings. The summed E-state index contributed by atoms with van der Waals surface area (Å²) in [5, 5.41) is 2.60. The summed E-state index contributed by atoms with van der Waals surface area (Å²) in [7, 11) is 0. The fraction of sp³-hybridized carbons (Fsp3) is 0.636. The third-order valence-corrected chi connectivity index (χ3v) is 1.35. The summed E-state index contributed by atoms with van der Waals surface area (Å²) in [4.78, 5) is 15.2. The van der Waals surface area contributed by atoms with E-state index in [4.69, 9.17) is 10.5 Å². The zero-order valence-corrected chi connectivity index (χ0v) is 10.4. The van der Waals surface area contributed by atoms with Crippen molar-refractivity contribution in [2.75, 3.05) is 13.1 Å². The van der Waals surface area contributed by atoms with E-state index in [0.29, 0.717) is 18.8 Å². The number of aliphatic imine (C=N–C) groups is 1. The first-order chi connectivity index (χ1) is 7.31. The Morgan fingerprint density at radius 2 is 2.12 bits per heavy atom. The molecule has 0 rings (SSSR count). The van der Waals surface area contributed by atoms with Crippen LogP contribution in [0.15, 0.2) is 16.8 Å². The summed E-state index contributed by atoms with van der Waals surface area (Å²) < 4.78 is 5.05. The minimum absolute atomic E-state index is 0.423. The summed E-state index contributed by atoms with van der Waals surface area (Å²) in [5.74, 6) is 0. The third kappa shape index (κ3) is 10.6. The number of alkyl carbamates (subject to hydrolysis) is 1. The molecule has 0 atom stereocenters. The predicted molar refractivity (Wildman–Crippen MR) is 65.5 cm³/mol. The number of hydrogen-bond donors (Lipinski definition) is 2. The quantitative estimate of drug-likeness (QED) is 0.563. The van der Waals surface area contributed by atoms with Gasteiger partial charge in [-0.05, 0) is 33.8 Å². The van der Waals surface area contributed by atoms with Crippen LogP contribution >= 0.6 is 0 Å². The van der Waals surface area contributed by atoms with E-state index in [0.717, 1.165) is 0 Å². The molecule has 0 saturated heterocycles. The summed E-state index contributed by atoms with van der Waals surface area (Å²) in [6, 6.07) is 0. The van der Waals surface area contributed by atoms with Crippen molar-refractivity contribution < 1.29 is 9.53 Å². The summed E-state index contributed by atoms with van der Waals surface area (Å²) in [6.45, 7) is 8.19. The molecule has 0 aliphatic heterocycles. The highest BCUT2D eigenvalue weighted by atomic mass is 16.6. The van der Waals surface area contributed by atoms with Crippen LogP contribution in [0.5, 0.6) is 0 Å². The van der Waals surface area contributed by atoms with E-state index in [1.807, 2.05) is 20.8 Å². The smallest absolute Gasteiger partial charge is 0.407 e. The number of nitrogens with two attached hydrogens (primary N) is 1. The number of amides is 1. The molecule has 0 bridgehead atoms. The molecule has 5 heteroatoms. The lowest BCUT2D eigenvalue weighted by Crippen LogP contribution is -2.33. The first-order valence-electron chi connectivity index (χ1n) is 5.20. The molecule has 0 saturated carbocycles. The number of nitrogens with zero attached hydrogens (tertiary/aromatic N) is 1. The Morgan fingerprint density at radius 1 is 1.50 bits per heavy atom. The fourth-order valence-electron chi connectivity index (χ4n) is 0.781. The standard InChI is InChI=1S/C11H21N3O2/c1-9(12)5-6-13-7-8-14-10(15)16-11(2,3)4/h5-6H,7-8,12H2,1-4H3,(H,14,15). The largest absolute Gasteiger partial charge is 0.444 e. The van der Waals surface area contributed by atoms with Crippen molar-refractivity contribution in [1.82, 2.24) is 5.32 Å². The van der Waals surface area contributed by atoms with Gasteiger partial charge in [-0.1, -0.05) is 0 Å². The normalized spacial score (nSPS) is 12.9. The lowest BCUT2D eigenvalue weighted by Gasteiger charge is -2.19. The van der Waals surface area contributed by atoms with Gasteiger partial charge >= 0.3 is 6.09 Å². The van der Waals surface area contributed by atoms with E-state index in [2.05, 4.69) is 10.3 Å². The molecule has 0 unspecified atom stereocenters. The zero-order chi connectivity index (χ0) is 12.6. The molecule has 0 spiro atoms. The molecule has 0 aliphatic carbocycles. The first kappa shape index (κ1) is 14.5. The van der Waals surface area contributed by atoms with Crippen molar-refractivity contribution in [1.29, 1.82) is 0 Å². The van der Waals surface area contributed by atoms with Crippen molar-refractivity contribution in [3.63, 3.8) is 0 Å². The van der Waals surface area contributed by atoms with E-state index < -0.39 is 11.7 Å². The van der Waals surface area contributed by atoms with Crippen LogP contribution in [0, 0.1) is 0 Å². The monoisotopic (exact) mass is 227 g/mol. The maximum Gasteiger partial charge on any atom is 0.407 e. The van der Waals surface area contributed by atoms with Crippen LogP contribution in [0.1, 0.15) is 27.7 Å². The Morgan fingerprint density at radius 3 is 2.62 bits per heavy atom. The van der Waals surface area contributed by atoms with E-state index in [9.17, 15) is 4.79 Å². The topological polar surface area (TPSA) is 76.7 Å². The van der Waals surface area contributed by atoms with Gasteiger partial charge in [0.05, 0.1) is 6.54 Å². The van der Waals surface area contributed by atoms with Gasteiger partial charge in [-0.25, -0.2) is 4.79 Å². The Bertz CT molecular complexity index is 273. The number of carbonyl (C=O) groups is 1. The maximum absolute atomic E-state index is 11.2. The van der Waals surface area contributed by atoms with Crippen LogP contribution < -0.4 is 11.1 Å². The second-order valence-corrected chi connectivity index (χ2v) is 4.39. The van der Waals surface area contributed by atoms with Crippen LogP contribution in [0.2, 0.25) is 0 Å². The Labute approximate surface area is 96.8 Å². The molecule has 3 N–H and O–H groups in total. The molecule has 0 fully saturated rings. The van der Waals surface area contributed by atoms with E-state index in [1.165, 1.54) is 0 Å². The number of allylic oxidation sites excluding steroid dienone is 2. The molecular formula is C11H21N3O2. The van der Waals surface area contributed by atoms with Crippen LogP contribution in [-0.2, 0) is 4.74 Å². The molecule has 92 valence electrons. The van der Waals surface area contributed by atoms with Gasteiger partial charge in [-0.2, -0.15) is 0 Å². The second kappa shape index (κ2) is 6.87. The van der Waals surface area contributed by atoms with Gasteiger partial charge in [0.2, 0.25) is 0 Å². The highest BCUT2D eigenvalue weighted by Crippen LogP contribution is 2.05. The first-order valence-corrected chi connectivity index (χ1v) is 5.20. The van der Waals surface area contributed by atoms with Crippen LogP contribution in [0.25, 0.3) is 0 Å². The van der Waals surface area contributed by atoms with Crippen molar-refractivity contribution in [2.24, 2.45) is 10.7 Å². The summed E-state index contributed by atoms with van der Waals surface area (Å²) >= 11 is 0. The number of ether oxygens (including phenoxy) is 1. The molecule has 16 heavy (non-hydrogen) atoms. The minimum atomic E-state index is -0.466. The number of nitrogens with one attached hydrogen (secondary N) is 1. The summed E-state index contributed by atoms with van der Waals surface area (Å²) in [5.41, 5.74) is 5.64. The predicted octanol–water partition coefficient (Wildman–Crippen LogP) is 1.44. The van der Waals surface area contributed by atoms with Gasteiger partial charge < -0.3 is 15.8 Å². The molecule has 0 aromatic heterocycles. The van der Waals surface area contributed by atoms with Crippen LogP contribution in [-0.4, -0.2) is 31.0 Å². The molecule has 0 heterocycles. The molecule has 0 aromatic carbocycles. The lowest BCUT2D eigenvalue weighted by molar-refractivity contribution is 0.0529. The Hall–Kier alpha value is -1.52. The number of rotatable bonds is 4. The highest BCUT2D eigenvalue weighted by Gasteiger charge is 2.15. The van der Waals surface area contributed by atoms with E-state index in [-0.39, 0.29) is 0 Å². The van der Waals surface area contributed by atoms with Gasteiger partial charge in [0.25, 0.3) is 0 Å². The van der Waals surface area contributed by atoms with Gasteiger partial charge in [0, 0.05) is 18.5 Å². The SMILES string of the molecule is CC(N)=CC=NCCNC(=O)OC(C)(C)C. The van der Waals surface area contributed by atoms with Crippen molar-refractivity contribution in [2.45, 2.75) is 33.3 Å². The minimum Gasteiger partial charge on any atom is -0.444 e. The Balaban J connectivity index is 3.64. The second-order valence-electron chi connectivity index (χ2n) is 4.39. The van der Waals surface area contributed by atoms with Gasteiger partial charge in [0.1, 0.15) is 5.60 Å². The maximum atomic E-state index is 11.2. The van der Waals surface area contributed by atoms with Crippen LogP contribution in [0.3, 0.4) is 0 Å². The lowest BCUT2D eigenvalue weighted by atomic mass is 10.2. The van der Waals surface area contributed by atoms with Gasteiger partial charge in [-0.3, -0.25) is 4.99 Å². The van der Waals surface area contributed by atoms with Crippen molar-refractivity contribution in [3.8, 4) is 0 Å². The van der Waals surface area contributed by atoms with E-state index >= 15 is 0 Å². The average Bonchev–Trinajstić information content (AvgIpc) is 2.07. The van der Waals surface area contributed by atoms with Crippen molar-refractivity contribution >= 4 is 12.3 Å². The van der Waals surface area contributed by atoms with Gasteiger partial charge in [-0.15, -0.1) is 0 Å². The molecule has 1 amide bonds. The third-order valence-electron chi connectivity index (χ3n) is 1.35. The van der Waals surface area contributed by atoms with Crippen molar-refractivity contribution in [3.05, 3.63) is 11.8 Å². The average molecular weight is 227 g/mol. The highest BCUT2D eigenvalue weighted by molar-refractivity contribution is 5.71. The van der Waals surface area contributed by atoms with E-state index in [1.54, 1.807) is 19.2 Å². The summed E-state index contributed by atoms with van der Waals surface area (Å²) in [6.07, 6.45) is 2.90. The number of hydrogen-bond acceptors (Lipinski definition) is 4. The fourth-order valence-corrected chi connectivity index (χ4v) is 0.781. The molecule has 0 aromatic rings. The zero-order valence-electron chi connectivity index (χ0n) is 10.4. The molecular weight excluding hydrogens is 206 g/mol. The molecule has 5 nitrogen and oxygen atoms in total.